The maximum absolute atomic E-state index is 11.5. The predicted molar refractivity (Wildman–Crippen MR) is 98.4 cm³/mol. The molecule has 2 heterocycles. The van der Waals surface area contributed by atoms with Crippen molar-refractivity contribution in [3.8, 4) is 0 Å². The number of aliphatic hydroxyl groups is 1. The molecule has 1 N–H and O–H groups in total. The number of rotatable bonds is 8. The zero-order valence-corrected chi connectivity index (χ0v) is 16.1. The standard InChI is InChI=1S/C18H22O6S2/c1-26(20,21)24-9-5-8-18(19,14-6-3-2-4-7-14)15-12-16(25-13-15)17-22-10-11-23-17/h2-4,6-7,12-13,17,19H,5,8-11H2,1H3. The van der Waals surface area contributed by atoms with Crippen molar-refractivity contribution >= 4 is 21.5 Å². The van der Waals surface area contributed by atoms with Gasteiger partial charge in [-0.1, -0.05) is 30.3 Å². The maximum Gasteiger partial charge on any atom is 0.264 e. The van der Waals surface area contributed by atoms with Crippen LogP contribution in [0.25, 0.3) is 0 Å². The second-order valence-electron chi connectivity index (χ2n) is 6.17. The fourth-order valence-corrected chi connectivity index (χ4v) is 4.31. The van der Waals surface area contributed by atoms with Crippen LogP contribution in [-0.2, 0) is 29.4 Å². The summed E-state index contributed by atoms with van der Waals surface area (Å²) in [6.45, 7) is 1.15. The van der Waals surface area contributed by atoms with Crippen LogP contribution in [0.1, 0.15) is 35.1 Å². The summed E-state index contributed by atoms with van der Waals surface area (Å²) in [6.07, 6.45) is 1.35. The number of hydrogen-bond acceptors (Lipinski definition) is 7. The predicted octanol–water partition coefficient (Wildman–Crippen LogP) is 2.79. The van der Waals surface area contributed by atoms with Crippen LogP contribution in [0.2, 0.25) is 0 Å². The third kappa shape index (κ3) is 4.70. The van der Waals surface area contributed by atoms with Crippen molar-refractivity contribution in [1.29, 1.82) is 0 Å². The third-order valence-corrected chi connectivity index (χ3v) is 5.73. The molecule has 1 saturated heterocycles. The SMILES string of the molecule is CS(=O)(=O)OCCCC(O)(c1ccccc1)c1csc(C2OCCO2)c1. The molecule has 1 atom stereocenters. The molecule has 0 spiro atoms. The molecule has 1 aromatic carbocycles. The van der Waals surface area contributed by atoms with E-state index in [0.717, 1.165) is 22.3 Å². The minimum absolute atomic E-state index is 0.0276. The number of benzene rings is 1. The summed E-state index contributed by atoms with van der Waals surface area (Å²) in [5.41, 5.74) is 0.245. The van der Waals surface area contributed by atoms with Crippen LogP contribution in [0, 0.1) is 0 Å². The Balaban J connectivity index is 1.81. The highest BCUT2D eigenvalue weighted by Gasteiger charge is 2.33. The maximum atomic E-state index is 11.5. The number of thiophene rings is 1. The Labute approximate surface area is 157 Å². The van der Waals surface area contributed by atoms with Gasteiger partial charge < -0.3 is 14.6 Å². The van der Waals surface area contributed by atoms with Crippen molar-refractivity contribution in [2.75, 3.05) is 26.1 Å². The first-order chi connectivity index (χ1) is 12.4. The Bertz CT molecular complexity index is 811. The van der Waals surface area contributed by atoms with Gasteiger partial charge in [-0.25, -0.2) is 0 Å². The van der Waals surface area contributed by atoms with Crippen molar-refractivity contribution in [1.82, 2.24) is 0 Å². The van der Waals surface area contributed by atoms with Gasteiger partial charge >= 0.3 is 0 Å². The molecule has 1 aromatic heterocycles. The molecule has 0 aliphatic carbocycles. The molecule has 8 heteroatoms. The topological polar surface area (TPSA) is 82.1 Å². The Hall–Kier alpha value is -1.29. The van der Waals surface area contributed by atoms with Gasteiger partial charge in [0, 0.05) is 0 Å². The summed E-state index contributed by atoms with van der Waals surface area (Å²) in [5.74, 6) is 0. The van der Waals surface area contributed by atoms with Crippen LogP contribution in [0.4, 0.5) is 0 Å². The normalized spacial score (nSPS) is 18.1. The lowest BCUT2D eigenvalue weighted by Gasteiger charge is -2.28. The molecule has 6 nitrogen and oxygen atoms in total. The van der Waals surface area contributed by atoms with E-state index in [9.17, 15) is 13.5 Å². The first kappa shape index (κ1) is 19.5. The number of ether oxygens (including phenoxy) is 2. The summed E-state index contributed by atoms with van der Waals surface area (Å²) in [6, 6.07) is 11.2. The lowest BCUT2D eigenvalue weighted by molar-refractivity contribution is -0.0415. The highest BCUT2D eigenvalue weighted by Crippen LogP contribution is 2.39. The molecule has 1 fully saturated rings. The third-order valence-electron chi connectivity index (χ3n) is 4.18. The van der Waals surface area contributed by atoms with E-state index in [0.29, 0.717) is 26.1 Å². The minimum atomic E-state index is -3.49. The average molecular weight is 399 g/mol. The van der Waals surface area contributed by atoms with E-state index in [-0.39, 0.29) is 12.9 Å². The summed E-state index contributed by atoms with van der Waals surface area (Å²) in [7, 11) is -3.49. The van der Waals surface area contributed by atoms with Gasteiger partial charge in [-0.05, 0) is 35.4 Å². The molecule has 142 valence electrons. The van der Waals surface area contributed by atoms with Gasteiger partial charge in [-0.2, -0.15) is 8.42 Å². The average Bonchev–Trinajstić information content (AvgIpc) is 3.29. The van der Waals surface area contributed by atoms with Crippen molar-refractivity contribution in [2.24, 2.45) is 0 Å². The van der Waals surface area contributed by atoms with E-state index in [1.165, 1.54) is 11.3 Å². The van der Waals surface area contributed by atoms with Crippen LogP contribution in [-0.4, -0.2) is 39.6 Å². The second-order valence-corrected chi connectivity index (χ2v) is 8.75. The quantitative estimate of drug-likeness (QED) is 0.544. The Morgan fingerprint density at radius 3 is 2.58 bits per heavy atom. The van der Waals surface area contributed by atoms with Crippen molar-refractivity contribution < 1.29 is 27.2 Å². The molecule has 0 amide bonds. The minimum Gasteiger partial charge on any atom is -0.380 e. The van der Waals surface area contributed by atoms with E-state index in [1.807, 2.05) is 41.8 Å². The van der Waals surface area contributed by atoms with Gasteiger partial charge in [0.2, 0.25) is 0 Å². The molecule has 2 aromatic rings. The summed E-state index contributed by atoms with van der Waals surface area (Å²) < 4.78 is 38.1. The molecule has 1 unspecified atom stereocenters. The van der Waals surface area contributed by atoms with Crippen molar-refractivity contribution in [3.63, 3.8) is 0 Å². The fourth-order valence-electron chi connectivity index (χ4n) is 2.92. The zero-order valence-electron chi connectivity index (χ0n) is 14.5. The van der Waals surface area contributed by atoms with E-state index in [4.69, 9.17) is 13.7 Å². The van der Waals surface area contributed by atoms with Gasteiger partial charge in [0.1, 0.15) is 5.60 Å². The van der Waals surface area contributed by atoms with Crippen molar-refractivity contribution in [2.45, 2.75) is 24.7 Å². The molecule has 0 radical (unpaired) electrons. The van der Waals surface area contributed by atoms with Crippen molar-refractivity contribution in [3.05, 3.63) is 57.8 Å². The molecule has 3 rings (SSSR count). The summed E-state index contributed by atoms with van der Waals surface area (Å²) in [5, 5.41) is 13.4. The van der Waals surface area contributed by atoms with E-state index >= 15 is 0 Å². The van der Waals surface area contributed by atoms with Gasteiger partial charge in [0.25, 0.3) is 10.1 Å². The highest BCUT2D eigenvalue weighted by molar-refractivity contribution is 7.85. The lowest BCUT2D eigenvalue weighted by Crippen LogP contribution is -2.27. The van der Waals surface area contributed by atoms with Gasteiger partial charge in [0.05, 0.1) is 31.0 Å². The molecule has 26 heavy (non-hydrogen) atoms. The smallest absolute Gasteiger partial charge is 0.264 e. The van der Waals surface area contributed by atoms with Crippen LogP contribution >= 0.6 is 11.3 Å². The summed E-state index contributed by atoms with van der Waals surface area (Å²) >= 11 is 1.47. The fraction of sp³-hybridized carbons (Fsp3) is 0.444. The highest BCUT2D eigenvalue weighted by atomic mass is 32.2. The molecular weight excluding hydrogens is 376 g/mol. The van der Waals surface area contributed by atoms with Crippen LogP contribution < -0.4 is 0 Å². The lowest BCUT2D eigenvalue weighted by atomic mass is 9.84. The van der Waals surface area contributed by atoms with Crippen LogP contribution in [0.3, 0.4) is 0 Å². The second kappa shape index (κ2) is 8.16. The molecule has 1 aliphatic heterocycles. The van der Waals surface area contributed by atoms with Crippen LogP contribution in [0.15, 0.2) is 41.8 Å². The van der Waals surface area contributed by atoms with E-state index < -0.39 is 15.7 Å². The van der Waals surface area contributed by atoms with Gasteiger partial charge in [-0.15, -0.1) is 11.3 Å². The van der Waals surface area contributed by atoms with Gasteiger partial charge in [-0.3, -0.25) is 4.18 Å². The zero-order chi connectivity index (χ0) is 18.6. The Morgan fingerprint density at radius 2 is 1.92 bits per heavy atom. The first-order valence-electron chi connectivity index (χ1n) is 8.33. The summed E-state index contributed by atoms with van der Waals surface area (Å²) in [4.78, 5) is 0.902. The van der Waals surface area contributed by atoms with E-state index in [1.54, 1.807) is 0 Å². The molecule has 0 saturated carbocycles. The monoisotopic (exact) mass is 398 g/mol. The largest absolute Gasteiger partial charge is 0.380 e. The van der Waals surface area contributed by atoms with E-state index in [2.05, 4.69) is 0 Å². The number of hydrogen-bond donors (Lipinski definition) is 1. The molecule has 0 bridgehead atoms. The first-order valence-corrected chi connectivity index (χ1v) is 11.0. The Morgan fingerprint density at radius 1 is 1.23 bits per heavy atom. The molecule has 1 aliphatic rings. The van der Waals surface area contributed by atoms with Crippen LogP contribution in [0.5, 0.6) is 0 Å². The molecular formula is C18H22O6S2. The van der Waals surface area contributed by atoms with Gasteiger partial charge in [0.15, 0.2) is 6.29 Å². The Kier molecular flexibility index (Phi) is 6.11.